The van der Waals surface area contributed by atoms with Crippen molar-refractivity contribution in [2.75, 3.05) is 26.4 Å². The van der Waals surface area contributed by atoms with Crippen molar-refractivity contribution < 1.29 is 19.7 Å². The molecule has 0 aliphatic carbocycles. The molecular formula is C18H22O4. The molecule has 118 valence electrons. The molecule has 22 heavy (non-hydrogen) atoms. The van der Waals surface area contributed by atoms with Crippen molar-refractivity contribution >= 4 is 0 Å². The lowest BCUT2D eigenvalue weighted by Crippen LogP contribution is -2.03. The Morgan fingerprint density at radius 1 is 0.727 bits per heavy atom. The molecule has 0 amide bonds. The van der Waals surface area contributed by atoms with Crippen LogP contribution < -0.4 is 9.47 Å². The third-order valence-electron chi connectivity index (χ3n) is 3.48. The van der Waals surface area contributed by atoms with Crippen molar-refractivity contribution in [3.05, 3.63) is 59.7 Å². The molecule has 2 aromatic carbocycles. The molecular weight excluding hydrogens is 280 g/mol. The topological polar surface area (TPSA) is 58.9 Å². The van der Waals surface area contributed by atoms with Gasteiger partial charge in [0.1, 0.15) is 24.7 Å². The van der Waals surface area contributed by atoms with Gasteiger partial charge in [-0.15, -0.1) is 0 Å². The molecule has 2 N–H and O–H groups in total. The van der Waals surface area contributed by atoms with Gasteiger partial charge in [-0.05, 0) is 35.4 Å². The first-order valence-electron chi connectivity index (χ1n) is 7.42. The molecule has 0 saturated heterocycles. The number of aliphatic hydroxyl groups excluding tert-OH is 2. The average Bonchev–Trinajstić information content (AvgIpc) is 2.58. The second kappa shape index (κ2) is 8.41. The van der Waals surface area contributed by atoms with Crippen LogP contribution in [-0.2, 0) is 0 Å². The number of hydrogen-bond acceptors (Lipinski definition) is 4. The van der Waals surface area contributed by atoms with Gasteiger partial charge in [-0.1, -0.05) is 31.2 Å². The number of benzene rings is 2. The predicted molar refractivity (Wildman–Crippen MR) is 85.6 cm³/mol. The Labute approximate surface area is 130 Å². The molecule has 0 aliphatic heterocycles. The summed E-state index contributed by atoms with van der Waals surface area (Å²) >= 11 is 0. The van der Waals surface area contributed by atoms with Gasteiger partial charge in [0.25, 0.3) is 0 Å². The molecule has 0 radical (unpaired) electrons. The molecule has 0 aliphatic rings. The van der Waals surface area contributed by atoms with Crippen LogP contribution in [0.2, 0.25) is 0 Å². The van der Waals surface area contributed by atoms with Gasteiger partial charge < -0.3 is 19.7 Å². The second-order valence-electron chi connectivity index (χ2n) is 5.00. The quantitative estimate of drug-likeness (QED) is 0.787. The Morgan fingerprint density at radius 2 is 1.09 bits per heavy atom. The monoisotopic (exact) mass is 302 g/mol. The fourth-order valence-electron chi connectivity index (χ4n) is 2.22. The summed E-state index contributed by atoms with van der Waals surface area (Å²) in [6, 6.07) is 15.8. The highest BCUT2D eigenvalue weighted by Crippen LogP contribution is 2.27. The van der Waals surface area contributed by atoms with E-state index in [1.54, 1.807) is 0 Å². The minimum atomic E-state index is 0.0167. The van der Waals surface area contributed by atoms with Crippen LogP contribution in [0.4, 0.5) is 0 Å². The van der Waals surface area contributed by atoms with Gasteiger partial charge in [-0.2, -0.15) is 0 Å². The molecule has 4 heteroatoms. The molecule has 0 bridgehead atoms. The first-order chi connectivity index (χ1) is 10.7. The van der Waals surface area contributed by atoms with Gasteiger partial charge in [0.15, 0.2) is 0 Å². The summed E-state index contributed by atoms with van der Waals surface area (Å²) in [6.07, 6.45) is 0. The minimum absolute atomic E-state index is 0.0167. The van der Waals surface area contributed by atoms with E-state index in [1.807, 2.05) is 48.5 Å². The number of rotatable bonds is 8. The lowest BCUT2D eigenvalue weighted by atomic mass is 9.93. The van der Waals surface area contributed by atoms with E-state index in [1.165, 1.54) is 11.1 Å². The van der Waals surface area contributed by atoms with Crippen LogP contribution in [0.3, 0.4) is 0 Å². The smallest absolute Gasteiger partial charge is 0.119 e. The van der Waals surface area contributed by atoms with Gasteiger partial charge in [0.2, 0.25) is 0 Å². The Balaban J connectivity index is 2.02. The lowest BCUT2D eigenvalue weighted by Gasteiger charge is -2.14. The van der Waals surface area contributed by atoms with Crippen molar-refractivity contribution in [3.63, 3.8) is 0 Å². The van der Waals surface area contributed by atoms with Crippen molar-refractivity contribution in [3.8, 4) is 11.5 Å². The van der Waals surface area contributed by atoms with Crippen LogP contribution in [0.5, 0.6) is 11.5 Å². The van der Waals surface area contributed by atoms with E-state index in [0.29, 0.717) is 13.2 Å². The zero-order valence-corrected chi connectivity index (χ0v) is 12.7. The van der Waals surface area contributed by atoms with Crippen molar-refractivity contribution in [1.82, 2.24) is 0 Å². The Kier molecular flexibility index (Phi) is 6.25. The molecule has 0 unspecified atom stereocenters. The van der Waals surface area contributed by atoms with Crippen LogP contribution in [0.15, 0.2) is 48.5 Å². The fourth-order valence-corrected chi connectivity index (χ4v) is 2.22. The highest BCUT2D eigenvalue weighted by atomic mass is 16.5. The Morgan fingerprint density at radius 3 is 1.41 bits per heavy atom. The summed E-state index contributed by atoms with van der Waals surface area (Å²) < 4.78 is 10.7. The summed E-state index contributed by atoms with van der Waals surface area (Å²) in [5, 5.41) is 17.5. The molecule has 0 fully saturated rings. The summed E-state index contributed by atoms with van der Waals surface area (Å²) in [6.45, 7) is 2.80. The highest BCUT2D eigenvalue weighted by Gasteiger charge is 2.09. The van der Waals surface area contributed by atoms with Crippen molar-refractivity contribution in [2.24, 2.45) is 0 Å². The minimum Gasteiger partial charge on any atom is -0.491 e. The first kappa shape index (κ1) is 16.3. The zero-order valence-electron chi connectivity index (χ0n) is 12.7. The van der Waals surface area contributed by atoms with E-state index in [0.717, 1.165) is 11.5 Å². The van der Waals surface area contributed by atoms with E-state index in [9.17, 15) is 0 Å². The average molecular weight is 302 g/mol. The number of aliphatic hydroxyl groups is 2. The largest absolute Gasteiger partial charge is 0.491 e. The summed E-state index contributed by atoms with van der Waals surface area (Å²) in [5.41, 5.74) is 2.39. The molecule has 0 atom stereocenters. The van der Waals surface area contributed by atoms with Crippen LogP contribution in [0.1, 0.15) is 24.0 Å². The second-order valence-corrected chi connectivity index (χ2v) is 5.00. The summed E-state index contributed by atoms with van der Waals surface area (Å²) in [7, 11) is 0. The molecule has 2 aromatic rings. The third kappa shape index (κ3) is 4.48. The number of hydrogen-bond donors (Lipinski definition) is 2. The molecule has 0 spiro atoms. The molecule has 2 rings (SSSR count). The molecule has 0 aromatic heterocycles. The van der Waals surface area contributed by atoms with Crippen molar-refractivity contribution in [2.45, 2.75) is 12.8 Å². The van der Waals surface area contributed by atoms with Crippen LogP contribution in [0.25, 0.3) is 0 Å². The highest BCUT2D eigenvalue weighted by molar-refractivity contribution is 5.37. The standard InChI is InChI=1S/C18H22O4/c1-14(15-2-6-17(7-3-15)21-12-10-19)16-4-8-18(9-5-16)22-13-11-20/h2-9,14,19-20H,10-13H2,1H3. The molecule has 4 nitrogen and oxygen atoms in total. The Hall–Kier alpha value is -2.04. The van der Waals surface area contributed by atoms with E-state index in [-0.39, 0.29) is 19.1 Å². The van der Waals surface area contributed by atoms with E-state index >= 15 is 0 Å². The van der Waals surface area contributed by atoms with E-state index in [4.69, 9.17) is 19.7 Å². The van der Waals surface area contributed by atoms with Gasteiger partial charge in [0, 0.05) is 5.92 Å². The third-order valence-corrected chi connectivity index (χ3v) is 3.48. The van der Waals surface area contributed by atoms with Crippen LogP contribution in [-0.4, -0.2) is 36.6 Å². The first-order valence-corrected chi connectivity index (χ1v) is 7.42. The van der Waals surface area contributed by atoms with Gasteiger partial charge in [-0.3, -0.25) is 0 Å². The summed E-state index contributed by atoms with van der Waals surface area (Å²) in [5.74, 6) is 1.79. The van der Waals surface area contributed by atoms with Gasteiger partial charge in [-0.25, -0.2) is 0 Å². The van der Waals surface area contributed by atoms with E-state index in [2.05, 4.69) is 6.92 Å². The molecule has 0 saturated carbocycles. The fraction of sp³-hybridized carbons (Fsp3) is 0.333. The number of ether oxygens (including phenoxy) is 2. The van der Waals surface area contributed by atoms with Gasteiger partial charge in [0.05, 0.1) is 13.2 Å². The lowest BCUT2D eigenvalue weighted by molar-refractivity contribution is 0.201. The Bertz CT molecular complexity index is 497. The zero-order chi connectivity index (χ0) is 15.8. The van der Waals surface area contributed by atoms with Crippen molar-refractivity contribution in [1.29, 1.82) is 0 Å². The van der Waals surface area contributed by atoms with E-state index < -0.39 is 0 Å². The normalized spacial score (nSPS) is 10.7. The summed E-state index contributed by atoms with van der Waals surface area (Å²) in [4.78, 5) is 0. The predicted octanol–water partition coefficient (Wildman–Crippen LogP) is 2.58. The van der Waals surface area contributed by atoms with Crippen LogP contribution >= 0.6 is 0 Å². The van der Waals surface area contributed by atoms with Crippen LogP contribution in [0, 0.1) is 0 Å². The van der Waals surface area contributed by atoms with Gasteiger partial charge >= 0.3 is 0 Å². The maximum Gasteiger partial charge on any atom is 0.119 e. The maximum absolute atomic E-state index is 8.75. The maximum atomic E-state index is 8.75. The SMILES string of the molecule is CC(c1ccc(OCCO)cc1)c1ccc(OCCO)cc1. The molecule has 0 heterocycles.